The maximum atomic E-state index is 13.9. The highest BCUT2D eigenvalue weighted by atomic mass is 32.2. The fourth-order valence-electron chi connectivity index (χ4n) is 1.53. The summed E-state index contributed by atoms with van der Waals surface area (Å²) in [6.45, 7) is 4.04. The lowest BCUT2D eigenvalue weighted by molar-refractivity contribution is 0.415. The zero-order valence-corrected chi connectivity index (χ0v) is 12.7. The van der Waals surface area contributed by atoms with Gasteiger partial charge in [0.15, 0.2) is 0 Å². The summed E-state index contributed by atoms with van der Waals surface area (Å²) in [5, 5.41) is 10.1. The molecule has 5 N–H and O–H groups in total. The number of anilines is 1. The van der Waals surface area contributed by atoms with Crippen molar-refractivity contribution in [2.75, 3.05) is 11.9 Å². The summed E-state index contributed by atoms with van der Waals surface area (Å²) in [5.74, 6) is -1.22. The van der Waals surface area contributed by atoms with E-state index < -0.39 is 20.7 Å². The average Bonchev–Trinajstić information content (AvgIpc) is 2.34. The van der Waals surface area contributed by atoms with Crippen LogP contribution in [0.15, 0.2) is 39.3 Å². The predicted octanol–water partition coefficient (Wildman–Crippen LogP) is 1.32. The number of hydrogen-bond acceptors (Lipinski definition) is 3. The van der Waals surface area contributed by atoms with Crippen molar-refractivity contribution in [3.63, 3.8) is 0 Å². The van der Waals surface area contributed by atoms with Gasteiger partial charge in [-0.1, -0.05) is 6.92 Å². The lowest BCUT2D eigenvalue weighted by Gasteiger charge is -2.07. The molecule has 0 saturated carbocycles. The Balaban J connectivity index is 3.12. The van der Waals surface area contributed by atoms with E-state index in [4.69, 9.17) is 10.8 Å². The van der Waals surface area contributed by atoms with Crippen LogP contribution in [0.1, 0.15) is 20.3 Å². The number of rotatable bonds is 6. The molecule has 0 fully saturated rings. The first-order valence-corrected chi connectivity index (χ1v) is 7.74. The van der Waals surface area contributed by atoms with Crippen molar-refractivity contribution in [1.82, 2.24) is 0 Å². The number of nitrogens with one attached hydrogen (secondary N) is 1. The number of amidine groups is 1. The van der Waals surface area contributed by atoms with E-state index in [1.165, 1.54) is 13.0 Å². The molecule has 0 spiro atoms. The standard InChI is InChI=1S/C13H18FN3O3S/c1-3-6-16-10-4-5-12(11(14)8-10)21(19,20)17-13(15)7-9(2)18/h4-5,7-8,16,18H,3,6H2,1-2H3,(H2,15,17)/p+1/b9-7-. The van der Waals surface area contributed by atoms with E-state index in [0.717, 1.165) is 24.6 Å². The first-order chi connectivity index (χ1) is 9.76. The normalized spacial score (nSPS) is 13.3. The molecule has 1 aromatic rings. The molecule has 0 radical (unpaired) electrons. The number of sulfonamides is 1. The quantitative estimate of drug-likeness (QED) is 0.357. The van der Waals surface area contributed by atoms with E-state index in [0.29, 0.717) is 12.2 Å². The van der Waals surface area contributed by atoms with Crippen LogP contribution in [0.3, 0.4) is 0 Å². The summed E-state index contributed by atoms with van der Waals surface area (Å²) in [6, 6.07) is 3.69. The molecule has 0 aliphatic heterocycles. The van der Waals surface area contributed by atoms with Crippen molar-refractivity contribution < 1.29 is 17.9 Å². The predicted molar refractivity (Wildman–Crippen MR) is 81.4 cm³/mol. The lowest BCUT2D eigenvalue weighted by Crippen LogP contribution is -2.13. The van der Waals surface area contributed by atoms with Crippen LogP contribution in [0.4, 0.5) is 10.1 Å². The SMILES string of the molecule is CCCNc1ccc(S(=O)(=O)/N=C(N)\C=C(\C)[OH2+])c(F)c1. The Morgan fingerprint density at radius 3 is 2.71 bits per heavy atom. The maximum absolute atomic E-state index is 13.9. The monoisotopic (exact) mass is 316 g/mol. The van der Waals surface area contributed by atoms with Crippen molar-refractivity contribution in [2.45, 2.75) is 25.2 Å². The van der Waals surface area contributed by atoms with Crippen LogP contribution < -0.4 is 11.1 Å². The fourth-order valence-corrected chi connectivity index (χ4v) is 2.50. The van der Waals surface area contributed by atoms with Gasteiger partial charge in [0, 0.05) is 19.2 Å². The van der Waals surface area contributed by atoms with Gasteiger partial charge in [-0.15, -0.1) is 4.40 Å². The first kappa shape index (κ1) is 17.0. The zero-order valence-electron chi connectivity index (χ0n) is 11.9. The average molecular weight is 316 g/mol. The number of allylic oxidation sites excluding steroid dienone is 1. The Morgan fingerprint density at radius 1 is 1.52 bits per heavy atom. The summed E-state index contributed by atoms with van der Waals surface area (Å²) >= 11 is 0. The molecule has 0 aromatic heterocycles. The number of halogens is 1. The summed E-state index contributed by atoms with van der Waals surface area (Å²) in [5.41, 5.74) is 5.88. The molecule has 0 amide bonds. The number of nitrogens with two attached hydrogens (primary N) is 1. The van der Waals surface area contributed by atoms with Gasteiger partial charge < -0.3 is 16.2 Å². The molecule has 0 unspecified atom stereocenters. The van der Waals surface area contributed by atoms with Gasteiger partial charge >= 0.3 is 0 Å². The molecule has 0 saturated heterocycles. The summed E-state index contributed by atoms with van der Waals surface area (Å²) < 4.78 is 41.1. The van der Waals surface area contributed by atoms with Gasteiger partial charge in [-0.05, 0) is 24.6 Å². The molecule has 0 atom stereocenters. The Labute approximate surface area is 123 Å². The highest BCUT2D eigenvalue weighted by Gasteiger charge is 2.19. The smallest absolute Gasteiger partial charge is 0.287 e. The molecule has 0 aliphatic rings. The van der Waals surface area contributed by atoms with Gasteiger partial charge in [-0.3, -0.25) is 0 Å². The molecule has 0 bridgehead atoms. The lowest BCUT2D eigenvalue weighted by atomic mass is 10.3. The summed E-state index contributed by atoms with van der Waals surface area (Å²) in [6.07, 6.45) is 1.94. The minimum absolute atomic E-state index is 0.0473. The van der Waals surface area contributed by atoms with Gasteiger partial charge in [-0.2, -0.15) is 8.42 Å². The highest BCUT2D eigenvalue weighted by Crippen LogP contribution is 2.21. The largest absolute Gasteiger partial charge is 0.597 e. The molecule has 21 heavy (non-hydrogen) atoms. The number of nitrogens with zero attached hydrogens (tertiary/aromatic N) is 1. The van der Waals surface area contributed by atoms with E-state index in [1.807, 2.05) is 6.92 Å². The van der Waals surface area contributed by atoms with Crippen LogP contribution in [0.2, 0.25) is 0 Å². The number of hydrogen-bond donors (Lipinski definition) is 2. The molecule has 116 valence electrons. The minimum atomic E-state index is -4.24. The second-order valence-electron chi connectivity index (χ2n) is 4.39. The third-order valence-electron chi connectivity index (χ3n) is 2.38. The van der Waals surface area contributed by atoms with Crippen LogP contribution in [-0.2, 0) is 10.0 Å². The van der Waals surface area contributed by atoms with Crippen LogP contribution >= 0.6 is 0 Å². The second kappa shape index (κ2) is 7.07. The van der Waals surface area contributed by atoms with Gasteiger partial charge in [0.25, 0.3) is 10.0 Å². The van der Waals surface area contributed by atoms with E-state index in [2.05, 4.69) is 9.71 Å². The Bertz CT molecular complexity index is 665. The Kier molecular flexibility index (Phi) is 5.71. The Morgan fingerprint density at radius 2 is 2.19 bits per heavy atom. The number of benzene rings is 1. The van der Waals surface area contributed by atoms with Crippen molar-refractivity contribution in [2.24, 2.45) is 10.1 Å². The van der Waals surface area contributed by atoms with Gasteiger partial charge in [-0.25, -0.2) is 4.39 Å². The molecular formula is C13H19FN3O3S+. The van der Waals surface area contributed by atoms with E-state index in [9.17, 15) is 12.8 Å². The Hall–Kier alpha value is -2.09. The molecule has 8 heteroatoms. The van der Waals surface area contributed by atoms with E-state index in [-0.39, 0.29) is 11.6 Å². The van der Waals surface area contributed by atoms with Crippen molar-refractivity contribution in [3.8, 4) is 0 Å². The van der Waals surface area contributed by atoms with E-state index in [1.54, 1.807) is 0 Å². The first-order valence-electron chi connectivity index (χ1n) is 6.30. The van der Waals surface area contributed by atoms with Crippen LogP contribution in [0.5, 0.6) is 0 Å². The van der Waals surface area contributed by atoms with Crippen molar-refractivity contribution in [3.05, 3.63) is 35.9 Å². The van der Waals surface area contributed by atoms with Crippen molar-refractivity contribution >= 4 is 21.5 Å². The molecular weight excluding hydrogens is 297 g/mol. The fraction of sp³-hybridized carbons (Fsp3) is 0.308. The van der Waals surface area contributed by atoms with Crippen molar-refractivity contribution in [1.29, 1.82) is 0 Å². The maximum Gasteiger partial charge on any atom is 0.287 e. The van der Waals surface area contributed by atoms with Gasteiger partial charge in [0.05, 0.1) is 6.08 Å². The van der Waals surface area contributed by atoms with Crippen LogP contribution in [0, 0.1) is 5.82 Å². The molecule has 0 heterocycles. The third-order valence-corrected chi connectivity index (χ3v) is 3.72. The summed E-state index contributed by atoms with van der Waals surface area (Å²) in [4.78, 5) is -0.552. The van der Waals surface area contributed by atoms with Gasteiger partial charge in [0.2, 0.25) is 5.76 Å². The molecule has 1 rings (SSSR count). The third kappa shape index (κ3) is 5.07. The zero-order chi connectivity index (χ0) is 16.0. The second-order valence-corrected chi connectivity index (χ2v) is 5.96. The molecule has 1 aromatic carbocycles. The van der Waals surface area contributed by atoms with Crippen LogP contribution in [-0.4, -0.2) is 25.9 Å². The highest BCUT2D eigenvalue weighted by molar-refractivity contribution is 7.90. The minimum Gasteiger partial charge on any atom is -0.597 e. The van der Waals surface area contributed by atoms with Gasteiger partial charge in [0.1, 0.15) is 16.5 Å². The molecule has 0 aliphatic carbocycles. The topological polar surface area (TPSA) is 107 Å². The van der Waals surface area contributed by atoms with E-state index >= 15 is 0 Å². The summed E-state index contributed by atoms with van der Waals surface area (Å²) in [7, 11) is -4.24. The molecule has 6 nitrogen and oxygen atoms in total. The van der Waals surface area contributed by atoms with Crippen LogP contribution in [0.25, 0.3) is 0 Å².